The first-order valence-corrected chi connectivity index (χ1v) is 8.66. The molecular formula is C19H27NO5. The topological polar surface area (TPSA) is 65.1 Å². The van der Waals surface area contributed by atoms with Crippen molar-refractivity contribution in [1.29, 1.82) is 0 Å². The van der Waals surface area contributed by atoms with Crippen LogP contribution in [0.5, 0.6) is 5.75 Å². The fraction of sp³-hybridized carbons (Fsp3) is 0.579. The van der Waals surface area contributed by atoms with E-state index in [4.69, 9.17) is 14.2 Å². The Morgan fingerprint density at radius 3 is 2.48 bits per heavy atom. The van der Waals surface area contributed by atoms with Gasteiger partial charge < -0.3 is 19.1 Å². The molecule has 0 saturated carbocycles. The van der Waals surface area contributed by atoms with Crippen LogP contribution in [0.1, 0.15) is 39.7 Å². The van der Waals surface area contributed by atoms with Gasteiger partial charge in [-0.2, -0.15) is 0 Å². The van der Waals surface area contributed by atoms with Gasteiger partial charge in [-0.1, -0.05) is 12.1 Å². The molecule has 0 bridgehead atoms. The van der Waals surface area contributed by atoms with Crippen molar-refractivity contribution >= 4 is 12.1 Å². The van der Waals surface area contributed by atoms with Crippen LogP contribution in [0, 0.1) is 0 Å². The summed E-state index contributed by atoms with van der Waals surface area (Å²) >= 11 is 0. The number of carbonyl (C=O) groups is 2. The Hall–Kier alpha value is -2.24. The van der Waals surface area contributed by atoms with Crippen LogP contribution in [0.2, 0.25) is 0 Å². The highest BCUT2D eigenvalue weighted by Crippen LogP contribution is 2.21. The van der Waals surface area contributed by atoms with Crippen LogP contribution in [0.25, 0.3) is 0 Å². The summed E-state index contributed by atoms with van der Waals surface area (Å²) < 4.78 is 16.2. The van der Waals surface area contributed by atoms with E-state index in [1.807, 2.05) is 45.0 Å². The number of esters is 1. The molecule has 0 unspecified atom stereocenters. The summed E-state index contributed by atoms with van der Waals surface area (Å²) in [6, 6.07) is 7.38. The SMILES string of the molecule is CCOC(=O)Cc1ccc(O[C@H]2CCN(C(=O)OC(C)(C)C)C2)cc1. The first kappa shape index (κ1) is 19.1. The van der Waals surface area contributed by atoms with Crippen LogP contribution in [-0.4, -0.2) is 48.4 Å². The predicted molar refractivity (Wildman–Crippen MR) is 93.6 cm³/mol. The largest absolute Gasteiger partial charge is 0.489 e. The second-order valence-corrected chi connectivity index (χ2v) is 7.08. The average molecular weight is 349 g/mol. The average Bonchev–Trinajstić information content (AvgIpc) is 2.96. The van der Waals surface area contributed by atoms with Crippen LogP contribution in [0.3, 0.4) is 0 Å². The molecule has 138 valence electrons. The number of carbonyl (C=O) groups excluding carboxylic acids is 2. The highest BCUT2D eigenvalue weighted by atomic mass is 16.6. The van der Waals surface area contributed by atoms with Crippen molar-refractivity contribution in [2.45, 2.75) is 52.2 Å². The van der Waals surface area contributed by atoms with Crippen molar-refractivity contribution in [2.24, 2.45) is 0 Å². The summed E-state index contributed by atoms with van der Waals surface area (Å²) in [4.78, 5) is 25.2. The number of likely N-dealkylation sites (tertiary alicyclic amines) is 1. The molecule has 6 heteroatoms. The molecule has 1 fully saturated rings. The highest BCUT2D eigenvalue weighted by Gasteiger charge is 2.30. The summed E-state index contributed by atoms with van der Waals surface area (Å²) in [6.07, 6.45) is 0.667. The second kappa shape index (κ2) is 8.23. The number of rotatable bonds is 5. The molecule has 1 atom stereocenters. The molecular weight excluding hydrogens is 322 g/mol. The van der Waals surface area contributed by atoms with Gasteiger partial charge in [0.25, 0.3) is 0 Å². The van der Waals surface area contributed by atoms with Gasteiger partial charge in [-0.3, -0.25) is 4.79 Å². The third-order valence-electron chi connectivity index (χ3n) is 3.68. The molecule has 1 aliphatic heterocycles. The molecule has 0 N–H and O–H groups in total. The number of ether oxygens (including phenoxy) is 3. The smallest absolute Gasteiger partial charge is 0.410 e. The van der Waals surface area contributed by atoms with Gasteiger partial charge >= 0.3 is 12.1 Å². The quantitative estimate of drug-likeness (QED) is 0.764. The van der Waals surface area contributed by atoms with Crippen LogP contribution in [0.15, 0.2) is 24.3 Å². The fourth-order valence-electron chi connectivity index (χ4n) is 2.57. The van der Waals surface area contributed by atoms with Gasteiger partial charge in [-0.05, 0) is 45.4 Å². The Labute approximate surface area is 149 Å². The van der Waals surface area contributed by atoms with Gasteiger partial charge in [-0.25, -0.2) is 4.79 Å². The lowest BCUT2D eigenvalue weighted by molar-refractivity contribution is -0.142. The molecule has 1 aromatic carbocycles. The number of hydrogen-bond donors (Lipinski definition) is 0. The van der Waals surface area contributed by atoms with Crippen molar-refractivity contribution in [1.82, 2.24) is 4.90 Å². The molecule has 0 radical (unpaired) electrons. The third kappa shape index (κ3) is 6.29. The minimum Gasteiger partial charge on any atom is -0.489 e. The normalized spacial score (nSPS) is 17.3. The lowest BCUT2D eigenvalue weighted by Gasteiger charge is -2.24. The Balaban J connectivity index is 1.83. The molecule has 0 aromatic heterocycles. The predicted octanol–water partition coefficient (Wildman–Crippen LogP) is 3.18. The molecule has 0 aliphatic carbocycles. The number of benzene rings is 1. The van der Waals surface area contributed by atoms with Gasteiger partial charge in [0.1, 0.15) is 17.5 Å². The zero-order chi connectivity index (χ0) is 18.4. The minimum absolute atomic E-state index is 0.0524. The van der Waals surface area contributed by atoms with E-state index in [0.717, 1.165) is 17.7 Å². The number of hydrogen-bond acceptors (Lipinski definition) is 5. The van der Waals surface area contributed by atoms with Crippen molar-refractivity contribution in [2.75, 3.05) is 19.7 Å². The van der Waals surface area contributed by atoms with Crippen LogP contribution < -0.4 is 4.74 Å². The molecule has 1 saturated heterocycles. The summed E-state index contributed by atoms with van der Waals surface area (Å²) in [6.45, 7) is 8.87. The summed E-state index contributed by atoms with van der Waals surface area (Å²) in [5.74, 6) is 0.489. The molecule has 1 aromatic rings. The third-order valence-corrected chi connectivity index (χ3v) is 3.68. The zero-order valence-corrected chi connectivity index (χ0v) is 15.4. The molecule has 25 heavy (non-hydrogen) atoms. The first-order valence-electron chi connectivity index (χ1n) is 8.66. The fourth-order valence-corrected chi connectivity index (χ4v) is 2.57. The molecule has 6 nitrogen and oxygen atoms in total. The lowest BCUT2D eigenvalue weighted by Crippen LogP contribution is -2.36. The first-order chi connectivity index (χ1) is 11.8. The van der Waals surface area contributed by atoms with E-state index in [2.05, 4.69) is 0 Å². The van der Waals surface area contributed by atoms with E-state index in [1.54, 1.807) is 11.8 Å². The van der Waals surface area contributed by atoms with Gasteiger partial charge in [0, 0.05) is 13.0 Å². The Morgan fingerprint density at radius 1 is 1.20 bits per heavy atom. The van der Waals surface area contributed by atoms with Gasteiger partial charge in [0.15, 0.2) is 0 Å². The molecule has 0 spiro atoms. The maximum absolute atomic E-state index is 12.1. The molecule has 1 amide bonds. The van der Waals surface area contributed by atoms with E-state index in [9.17, 15) is 9.59 Å². The molecule has 1 heterocycles. The van der Waals surface area contributed by atoms with Crippen molar-refractivity contribution in [3.63, 3.8) is 0 Å². The number of amides is 1. The van der Waals surface area contributed by atoms with E-state index in [0.29, 0.717) is 19.7 Å². The Bertz CT molecular complexity index is 591. The summed E-state index contributed by atoms with van der Waals surface area (Å²) in [7, 11) is 0. The van der Waals surface area contributed by atoms with Crippen molar-refractivity contribution in [3.8, 4) is 5.75 Å². The van der Waals surface area contributed by atoms with Crippen molar-refractivity contribution in [3.05, 3.63) is 29.8 Å². The lowest BCUT2D eigenvalue weighted by atomic mass is 10.1. The Kier molecular flexibility index (Phi) is 6.28. The molecule has 2 rings (SSSR count). The maximum atomic E-state index is 12.1. The van der Waals surface area contributed by atoms with Gasteiger partial charge in [0.05, 0.1) is 19.6 Å². The zero-order valence-electron chi connectivity index (χ0n) is 15.4. The number of nitrogens with zero attached hydrogens (tertiary/aromatic N) is 1. The van der Waals surface area contributed by atoms with Crippen LogP contribution in [-0.2, 0) is 20.7 Å². The van der Waals surface area contributed by atoms with Gasteiger partial charge in [-0.15, -0.1) is 0 Å². The summed E-state index contributed by atoms with van der Waals surface area (Å²) in [5, 5.41) is 0. The standard InChI is InChI=1S/C19H27NO5/c1-5-23-17(21)12-14-6-8-15(9-7-14)24-16-10-11-20(13-16)18(22)25-19(2,3)4/h6-9,16H,5,10-13H2,1-4H3/t16-/m0/s1. The minimum atomic E-state index is -0.495. The molecule has 1 aliphatic rings. The Morgan fingerprint density at radius 2 is 1.88 bits per heavy atom. The monoisotopic (exact) mass is 349 g/mol. The van der Waals surface area contributed by atoms with Crippen LogP contribution >= 0.6 is 0 Å². The van der Waals surface area contributed by atoms with E-state index >= 15 is 0 Å². The van der Waals surface area contributed by atoms with E-state index < -0.39 is 5.60 Å². The second-order valence-electron chi connectivity index (χ2n) is 7.08. The maximum Gasteiger partial charge on any atom is 0.410 e. The van der Waals surface area contributed by atoms with Crippen LogP contribution in [0.4, 0.5) is 4.79 Å². The van der Waals surface area contributed by atoms with Crippen molar-refractivity contribution < 1.29 is 23.8 Å². The van der Waals surface area contributed by atoms with Gasteiger partial charge in [0.2, 0.25) is 0 Å². The van der Waals surface area contributed by atoms with E-state index in [-0.39, 0.29) is 24.6 Å². The van der Waals surface area contributed by atoms with E-state index in [1.165, 1.54) is 0 Å². The highest BCUT2D eigenvalue weighted by molar-refractivity contribution is 5.72. The summed E-state index contributed by atoms with van der Waals surface area (Å²) in [5.41, 5.74) is 0.387.